The van der Waals surface area contributed by atoms with E-state index in [-0.39, 0.29) is 52.1 Å². The maximum atomic E-state index is 10.6. The number of rotatable bonds is 7. The summed E-state index contributed by atoms with van der Waals surface area (Å²) in [4.78, 5) is -0.505. The van der Waals surface area contributed by atoms with Crippen LogP contribution >= 0.6 is 0 Å². The zero-order valence-corrected chi connectivity index (χ0v) is 23.7. The summed E-state index contributed by atoms with van der Waals surface area (Å²) in [5, 5.41) is 0. The molecule has 2 aromatic rings. The highest BCUT2D eigenvalue weighted by Gasteiger charge is 2.20. The van der Waals surface area contributed by atoms with Crippen molar-refractivity contribution in [2.45, 2.75) is 35.3 Å². The largest absolute Gasteiger partial charge is 0.399 e. The van der Waals surface area contributed by atoms with Gasteiger partial charge in [0.2, 0.25) is 0 Å². The molecule has 40 heavy (non-hydrogen) atoms. The lowest BCUT2D eigenvalue weighted by atomic mass is 9.99. The summed E-state index contributed by atoms with van der Waals surface area (Å²) in [7, 11) is -12.3. The molecule has 0 radical (unpaired) electrons. The molecule has 2 unspecified atom stereocenters. The van der Waals surface area contributed by atoms with E-state index in [0.29, 0.717) is 11.4 Å². The number of ether oxygens (including phenoxy) is 1. The minimum atomic E-state index is -4.26. The zero-order chi connectivity index (χ0) is 30.9. The highest BCUT2D eigenvalue weighted by atomic mass is 32.2. The third-order valence-corrected chi connectivity index (χ3v) is 7.55. The Hall–Kier alpha value is -3.23. The monoisotopic (exact) mass is 623 g/mol. The zero-order valence-electron chi connectivity index (χ0n) is 21.3. The van der Waals surface area contributed by atoms with Gasteiger partial charge in [-0.3, -0.25) is 13.7 Å². The molecule has 0 saturated heterocycles. The highest BCUT2D eigenvalue weighted by Crippen LogP contribution is 2.20. The summed E-state index contributed by atoms with van der Waals surface area (Å²) in [6.07, 6.45) is 3.40. The van der Waals surface area contributed by atoms with E-state index < -0.39 is 30.4 Å². The molecule has 0 amide bonds. The lowest BCUT2D eigenvalue weighted by molar-refractivity contribution is 0.0760. The van der Waals surface area contributed by atoms with Crippen molar-refractivity contribution in [2.24, 2.45) is 11.5 Å². The normalized spacial score (nSPS) is 17.3. The van der Waals surface area contributed by atoms with Crippen molar-refractivity contribution in [3.05, 3.63) is 65.9 Å². The van der Waals surface area contributed by atoms with Crippen LogP contribution in [-0.4, -0.2) is 63.4 Å². The van der Waals surface area contributed by atoms with Crippen molar-refractivity contribution in [1.82, 2.24) is 0 Å². The van der Waals surface area contributed by atoms with Gasteiger partial charge < -0.3 is 33.4 Å². The quantitative estimate of drug-likeness (QED) is 0.117. The lowest BCUT2D eigenvalue weighted by Crippen LogP contribution is -2.37. The molecule has 0 spiro atoms. The average Bonchev–Trinajstić information content (AvgIpc) is 2.81. The molecule has 13 N–H and O–H groups in total. The standard InChI is InChI=1S/C10H18N2O4S.C6H8N2O3S.C6H7NO3S/c1-7-5-9(12)10(6-8(7)11)16-3-2-4-17(13,14)15;7-4-1-2-5(8)6(3-4)12(9,10)11;7-5-1-3-6(4-2-5)11(8,9)10/h5-6,9-10H,2-4,11-12H2,1H3,(H,13,14,15);1-3H,7-8H2,(H,9,10,11);1-4H,7H2,(H,8,9,10). The molecule has 224 valence electrons. The SMILES string of the molecule is CC1=CC(N)C(OCCCS(=O)(=O)O)C=C1N.Nc1ccc(N)c(S(=O)(=O)O)c1.Nc1ccc(S(=O)(=O)O)cc1. The fourth-order valence-corrected chi connectivity index (χ4v) is 4.55. The summed E-state index contributed by atoms with van der Waals surface area (Å²) >= 11 is 0. The van der Waals surface area contributed by atoms with Crippen molar-refractivity contribution in [2.75, 3.05) is 29.6 Å². The third kappa shape index (κ3) is 12.7. The summed E-state index contributed by atoms with van der Waals surface area (Å²) in [5.74, 6) is -0.316. The van der Waals surface area contributed by atoms with E-state index in [4.69, 9.17) is 47.1 Å². The Balaban J connectivity index is 0.000000309. The maximum Gasteiger partial charge on any atom is 0.296 e. The van der Waals surface area contributed by atoms with Crippen LogP contribution in [0.15, 0.2) is 75.7 Å². The van der Waals surface area contributed by atoms with Gasteiger partial charge in [0.1, 0.15) is 4.90 Å². The second-order valence-corrected chi connectivity index (χ2v) is 12.7. The van der Waals surface area contributed by atoms with Crippen LogP contribution in [0.1, 0.15) is 13.3 Å². The lowest BCUT2D eigenvalue weighted by Gasteiger charge is -2.24. The molecule has 18 heteroatoms. The van der Waals surface area contributed by atoms with Crippen LogP contribution in [0.25, 0.3) is 0 Å². The molecule has 15 nitrogen and oxygen atoms in total. The molecule has 0 fully saturated rings. The first-order valence-electron chi connectivity index (χ1n) is 11.1. The number of benzene rings is 2. The fraction of sp³-hybridized carbons (Fsp3) is 0.273. The molecule has 0 heterocycles. The van der Waals surface area contributed by atoms with Crippen molar-refractivity contribution < 1.29 is 43.6 Å². The fourth-order valence-electron chi connectivity index (χ4n) is 2.93. The van der Waals surface area contributed by atoms with Crippen molar-refractivity contribution in [1.29, 1.82) is 0 Å². The van der Waals surface area contributed by atoms with Gasteiger partial charge in [-0.25, -0.2) is 0 Å². The van der Waals surface area contributed by atoms with Gasteiger partial charge in [0.25, 0.3) is 30.4 Å². The van der Waals surface area contributed by atoms with Gasteiger partial charge in [-0.15, -0.1) is 0 Å². The van der Waals surface area contributed by atoms with Gasteiger partial charge in [-0.2, -0.15) is 25.3 Å². The van der Waals surface area contributed by atoms with E-state index in [9.17, 15) is 25.3 Å². The molecule has 0 bridgehead atoms. The Morgan fingerprint density at radius 3 is 1.82 bits per heavy atom. The number of hydrogen-bond donors (Lipinski definition) is 8. The van der Waals surface area contributed by atoms with Crippen LogP contribution in [0.3, 0.4) is 0 Å². The summed E-state index contributed by atoms with van der Waals surface area (Å²) in [5.41, 5.74) is 29.6. The second kappa shape index (κ2) is 14.4. The number of hydrogen-bond acceptors (Lipinski definition) is 12. The number of anilines is 3. The van der Waals surface area contributed by atoms with E-state index in [1.807, 2.05) is 13.0 Å². The topological polar surface area (TPSA) is 302 Å². The first-order chi connectivity index (χ1) is 18.2. The maximum absolute atomic E-state index is 10.6. The van der Waals surface area contributed by atoms with E-state index in [2.05, 4.69) is 0 Å². The summed E-state index contributed by atoms with van der Waals surface area (Å²) < 4.78 is 94.2. The molecular weight excluding hydrogens is 590 g/mol. The Bertz CT molecular complexity index is 1540. The van der Waals surface area contributed by atoms with E-state index in [1.54, 1.807) is 6.08 Å². The Kier molecular flexibility index (Phi) is 12.5. The van der Waals surface area contributed by atoms with Crippen LogP contribution in [0.5, 0.6) is 0 Å². The molecule has 2 aromatic carbocycles. The van der Waals surface area contributed by atoms with Gasteiger partial charge in [0, 0.05) is 23.7 Å². The summed E-state index contributed by atoms with van der Waals surface area (Å²) in [6, 6.07) is 8.88. The van der Waals surface area contributed by atoms with Crippen LogP contribution in [0.4, 0.5) is 17.1 Å². The summed E-state index contributed by atoms with van der Waals surface area (Å²) in [6.45, 7) is 2.06. The van der Waals surface area contributed by atoms with Crippen LogP contribution in [0.2, 0.25) is 0 Å². The number of allylic oxidation sites excluding steroid dienone is 1. The van der Waals surface area contributed by atoms with Gasteiger partial charge in [0.05, 0.1) is 28.5 Å². The van der Waals surface area contributed by atoms with Crippen LogP contribution in [0, 0.1) is 0 Å². The van der Waals surface area contributed by atoms with Gasteiger partial charge in [-0.1, -0.05) is 6.08 Å². The van der Waals surface area contributed by atoms with Gasteiger partial charge in [-0.05, 0) is 67.5 Å². The molecule has 3 rings (SSSR count). The molecule has 0 aliphatic heterocycles. The molecule has 1 aliphatic carbocycles. The number of nitrogen functional groups attached to an aromatic ring is 3. The molecule has 2 atom stereocenters. The van der Waals surface area contributed by atoms with Crippen molar-refractivity contribution in [3.8, 4) is 0 Å². The third-order valence-electron chi connectivity index (χ3n) is 4.97. The van der Waals surface area contributed by atoms with E-state index in [0.717, 1.165) is 11.6 Å². The average molecular weight is 624 g/mol. The minimum Gasteiger partial charge on any atom is -0.399 e. The highest BCUT2D eigenvalue weighted by molar-refractivity contribution is 7.86. The van der Waals surface area contributed by atoms with E-state index in [1.165, 1.54) is 36.4 Å². The molecule has 0 saturated carbocycles. The first-order valence-corrected chi connectivity index (χ1v) is 15.6. The smallest absolute Gasteiger partial charge is 0.296 e. The predicted octanol–water partition coefficient (Wildman–Crippen LogP) is 0.393. The van der Waals surface area contributed by atoms with Crippen molar-refractivity contribution in [3.63, 3.8) is 0 Å². The minimum absolute atomic E-state index is 0.0216. The van der Waals surface area contributed by atoms with Crippen LogP contribution < -0.4 is 28.7 Å². The molecular formula is C22H33N5O10S3. The molecule has 0 aromatic heterocycles. The van der Waals surface area contributed by atoms with Gasteiger partial charge in [0.15, 0.2) is 0 Å². The first kappa shape index (κ1) is 34.8. The van der Waals surface area contributed by atoms with Crippen molar-refractivity contribution >= 4 is 47.4 Å². The number of nitrogens with two attached hydrogens (primary N) is 5. The predicted molar refractivity (Wildman–Crippen MR) is 151 cm³/mol. The van der Waals surface area contributed by atoms with Crippen LogP contribution in [-0.2, 0) is 35.1 Å². The Morgan fingerprint density at radius 1 is 0.800 bits per heavy atom. The second-order valence-electron chi connectivity index (χ2n) is 8.34. The molecule has 1 aliphatic rings. The Labute approximate surface area is 232 Å². The van der Waals surface area contributed by atoms with Gasteiger partial charge >= 0.3 is 0 Å². The van der Waals surface area contributed by atoms with E-state index >= 15 is 0 Å². The Morgan fingerprint density at radius 2 is 1.35 bits per heavy atom.